The van der Waals surface area contributed by atoms with Crippen LogP contribution in [0.25, 0.3) is 0 Å². The molecule has 1 fully saturated rings. The van der Waals surface area contributed by atoms with Gasteiger partial charge in [-0.25, -0.2) is 4.79 Å². The fraction of sp³-hybridized carbons (Fsp3) is 0.818. The minimum Gasteiger partial charge on any atom is -0.481 e. The van der Waals surface area contributed by atoms with Crippen LogP contribution in [0.2, 0.25) is 0 Å². The summed E-state index contributed by atoms with van der Waals surface area (Å²) < 4.78 is 0. The molecule has 6 heteroatoms. The van der Waals surface area contributed by atoms with Crippen LogP contribution in [0, 0.1) is 5.92 Å². The molecule has 98 valence electrons. The van der Waals surface area contributed by atoms with Crippen molar-refractivity contribution in [1.82, 2.24) is 10.2 Å². The number of aliphatic hydroxyl groups is 1. The number of hydrogen-bond donors (Lipinski definition) is 3. The van der Waals surface area contributed by atoms with E-state index in [2.05, 4.69) is 5.32 Å². The molecule has 0 aromatic carbocycles. The molecule has 1 rings (SSSR count). The number of nitrogens with one attached hydrogen (secondary N) is 1. The van der Waals surface area contributed by atoms with E-state index in [1.165, 1.54) is 0 Å². The predicted molar refractivity (Wildman–Crippen MR) is 61.6 cm³/mol. The Kier molecular flexibility index (Phi) is 4.34. The molecule has 2 amide bonds. The van der Waals surface area contributed by atoms with Gasteiger partial charge in [0.2, 0.25) is 0 Å². The number of amides is 2. The van der Waals surface area contributed by atoms with Gasteiger partial charge in [-0.3, -0.25) is 4.79 Å². The van der Waals surface area contributed by atoms with Crippen molar-refractivity contribution < 1.29 is 19.8 Å². The van der Waals surface area contributed by atoms with Gasteiger partial charge in [-0.1, -0.05) is 0 Å². The van der Waals surface area contributed by atoms with Crippen LogP contribution in [0.15, 0.2) is 0 Å². The first kappa shape index (κ1) is 13.8. The fourth-order valence-electron chi connectivity index (χ4n) is 1.96. The van der Waals surface area contributed by atoms with Gasteiger partial charge in [-0.15, -0.1) is 0 Å². The molecular formula is C11H20N2O4. The number of carboxylic acids is 1. The van der Waals surface area contributed by atoms with Gasteiger partial charge >= 0.3 is 12.0 Å². The third-order valence-electron chi connectivity index (χ3n) is 2.87. The number of nitrogens with zero attached hydrogens (tertiary/aromatic N) is 1. The molecule has 0 aliphatic carbocycles. The molecule has 0 spiro atoms. The number of likely N-dealkylation sites (tertiary alicyclic amines) is 1. The molecule has 1 aliphatic heterocycles. The van der Waals surface area contributed by atoms with E-state index in [0.717, 1.165) is 6.42 Å². The van der Waals surface area contributed by atoms with E-state index in [4.69, 9.17) is 10.2 Å². The summed E-state index contributed by atoms with van der Waals surface area (Å²) in [4.78, 5) is 24.1. The minimum atomic E-state index is -0.940. The quantitative estimate of drug-likeness (QED) is 0.662. The third-order valence-corrected chi connectivity index (χ3v) is 2.87. The highest BCUT2D eigenvalue weighted by molar-refractivity contribution is 5.77. The second-order valence-electron chi connectivity index (χ2n) is 5.17. The molecule has 0 bridgehead atoms. The maximum absolute atomic E-state index is 11.8. The van der Waals surface area contributed by atoms with Crippen molar-refractivity contribution in [3.63, 3.8) is 0 Å². The van der Waals surface area contributed by atoms with E-state index >= 15 is 0 Å². The zero-order chi connectivity index (χ0) is 13.1. The summed E-state index contributed by atoms with van der Waals surface area (Å²) in [5.41, 5.74) is -0.764. The highest BCUT2D eigenvalue weighted by atomic mass is 16.4. The number of aliphatic carboxylic acids is 1. The van der Waals surface area contributed by atoms with Crippen molar-refractivity contribution in [3.05, 3.63) is 0 Å². The van der Waals surface area contributed by atoms with E-state index in [9.17, 15) is 9.59 Å². The van der Waals surface area contributed by atoms with Gasteiger partial charge < -0.3 is 20.4 Å². The Labute approximate surface area is 101 Å². The van der Waals surface area contributed by atoms with E-state index in [0.29, 0.717) is 13.1 Å². The number of carboxylic acid groups (broad SMARTS) is 1. The van der Waals surface area contributed by atoms with Crippen LogP contribution >= 0.6 is 0 Å². The molecule has 1 aliphatic rings. The van der Waals surface area contributed by atoms with E-state index < -0.39 is 11.5 Å². The standard InChI is InChI=1S/C11H20N2O4/c1-11(2,5-9(15)16)12-10(17)13-4-3-8(6-13)7-14/h8,14H,3-7H2,1-2H3,(H,12,17)(H,15,16). The Morgan fingerprint density at radius 2 is 2.12 bits per heavy atom. The van der Waals surface area contributed by atoms with Crippen LogP contribution < -0.4 is 5.32 Å². The van der Waals surface area contributed by atoms with Crippen LogP contribution in [-0.4, -0.2) is 52.3 Å². The summed E-state index contributed by atoms with van der Waals surface area (Å²) in [5.74, 6) is -0.798. The molecule has 1 saturated heterocycles. The van der Waals surface area contributed by atoms with E-state index in [1.54, 1.807) is 18.7 Å². The monoisotopic (exact) mass is 244 g/mol. The Hall–Kier alpha value is -1.30. The Bertz CT molecular complexity index is 304. The molecule has 0 aromatic heterocycles. The highest BCUT2D eigenvalue weighted by Crippen LogP contribution is 2.17. The van der Waals surface area contributed by atoms with Gasteiger partial charge in [0.25, 0.3) is 0 Å². The lowest BCUT2D eigenvalue weighted by molar-refractivity contribution is -0.138. The number of hydrogen-bond acceptors (Lipinski definition) is 3. The van der Waals surface area contributed by atoms with Crippen LogP contribution in [0.1, 0.15) is 26.7 Å². The summed E-state index contributed by atoms with van der Waals surface area (Å²) in [5, 5.41) is 20.4. The fourth-order valence-corrected chi connectivity index (χ4v) is 1.96. The van der Waals surface area contributed by atoms with Gasteiger partial charge in [0, 0.05) is 31.2 Å². The molecule has 6 nitrogen and oxygen atoms in total. The third kappa shape index (κ3) is 4.22. The molecule has 1 atom stereocenters. The van der Waals surface area contributed by atoms with E-state index in [-0.39, 0.29) is 25.0 Å². The largest absolute Gasteiger partial charge is 0.481 e. The topological polar surface area (TPSA) is 89.9 Å². The Balaban J connectivity index is 2.46. The first-order valence-electron chi connectivity index (χ1n) is 5.74. The normalized spacial score (nSPS) is 20.4. The first-order chi connectivity index (χ1) is 7.84. The summed E-state index contributed by atoms with van der Waals surface area (Å²) in [6.45, 7) is 4.59. The van der Waals surface area contributed by atoms with Crippen LogP contribution in [0.3, 0.4) is 0 Å². The Morgan fingerprint density at radius 1 is 1.47 bits per heavy atom. The average Bonchev–Trinajstić information content (AvgIpc) is 2.62. The highest BCUT2D eigenvalue weighted by Gasteiger charge is 2.30. The van der Waals surface area contributed by atoms with Crippen molar-refractivity contribution >= 4 is 12.0 Å². The number of aliphatic hydroxyl groups excluding tert-OH is 1. The van der Waals surface area contributed by atoms with Crippen LogP contribution in [0.5, 0.6) is 0 Å². The van der Waals surface area contributed by atoms with Gasteiger partial charge in [-0.05, 0) is 20.3 Å². The molecule has 3 N–H and O–H groups in total. The summed E-state index contributed by atoms with van der Waals surface area (Å²) >= 11 is 0. The predicted octanol–water partition coefficient (Wildman–Crippen LogP) is 0.264. The van der Waals surface area contributed by atoms with Gasteiger partial charge in [0.15, 0.2) is 0 Å². The lowest BCUT2D eigenvalue weighted by atomic mass is 10.0. The molecule has 0 saturated carbocycles. The van der Waals surface area contributed by atoms with Crippen molar-refractivity contribution in [1.29, 1.82) is 0 Å². The summed E-state index contributed by atoms with van der Waals surface area (Å²) in [6, 6.07) is -0.257. The van der Waals surface area contributed by atoms with Gasteiger partial charge in [0.1, 0.15) is 0 Å². The van der Waals surface area contributed by atoms with E-state index in [1.807, 2.05) is 0 Å². The number of carbonyl (C=O) groups is 2. The zero-order valence-electron chi connectivity index (χ0n) is 10.3. The van der Waals surface area contributed by atoms with Gasteiger partial charge in [0.05, 0.1) is 6.42 Å². The lowest BCUT2D eigenvalue weighted by Gasteiger charge is -2.27. The zero-order valence-corrected chi connectivity index (χ0v) is 10.3. The van der Waals surface area contributed by atoms with Crippen LogP contribution in [-0.2, 0) is 4.79 Å². The van der Waals surface area contributed by atoms with Crippen molar-refractivity contribution in [2.24, 2.45) is 5.92 Å². The summed E-state index contributed by atoms with van der Waals surface area (Å²) in [6.07, 6.45) is 0.680. The van der Waals surface area contributed by atoms with Crippen molar-refractivity contribution in [3.8, 4) is 0 Å². The maximum Gasteiger partial charge on any atom is 0.317 e. The lowest BCUT2D eigenvalue weighted by Crippen LogP contribution is -2.50. The van der Waals surface area contributed by atoms with Crippen molar-refractivity contribution in [2.75, 3.05) is 19.7 Å². The van der Waals surface area contributed by atoms with Crippen molar-refractivity contribution in [2.45, 2.75) is 32.2 Å². The smallest absolute Gasteiger partial charge is 0.317 e. The number of rotatable bonds is 4. The Morgan fingerprint density at radius 3 is 2.59 bits per heavy atom. The summed E-state index contributed by atoms with van der Waals surface area (Å²) in [7, 11) is 0. The first-order valence-corrected chi connectivity index (χ1v) is 5.74. The number of urea groups is 1. The second-order valence-corrected chi connectivity index (χ2v) is 5.17. The SMILES string of the molecule is CC(C)(CC(=O)O)NC(=O)N1CCC(CO)C1. The average molecular weight is 244 g/mol. The van der Waals surface area contributed by atoms with Gasteiger partial charge in [-0.2, -0.15) is 0 Å². The van der Waals surface area contributed by atoms with Crippen LogP contribution in [0.4, 0.5) is 4.79 Å². The molecule has 1 heterocycles. The molecule has 1 unspecified atom stereocenters. The minimum absolute atomic E-state index is 0.0856. The second kappa shape index (κ2) is 5.35. The molecule has 17 heavy (non-hydrogen) atoms. The number of carbonyl (C=O) groups excluding carboxylic acids is 1. The molecule has 0 radical (unpaired) electrons. The maximum atomic E-state index is 11.8. The molecule has 0 aromatic rings. The molecular weight excluding hydrogens is 224 g/mol.